The van der Waals surface area contributed by atoms with Crippen LogP contribution in [0.4, 0.5) is 15.9 Å². The lowest BCUT2D eigenvalue weighted by Crippen LogP contribution is -2.19. The molecule has 0 bridgehead atoms. The van der Waals surface area contributed by atoms with Gasteiger partial charge < -0.3 is 14.9 Å². The minimum absolute atomic E-state index is 0.264. The summed E-state index contributed by atoms with van der Waals surface area (Å²) in [5.41, 5.74) is 6.14. The molecule has 1 aliphatic rings. The Morgan fingerprint density at radius 2 is 1.62 bits per heavy atom. The van der Waals surface area contributed by atoms with Crippen LogP contribution in [0.5, 0.6) is 0 Å². The minimum Gasteiger partial charge on any atom is -0.481 e. The number of aromatic nitrogens is 2. The number of rotatable bonds is 8. The zero-order chi connectivity index (χ0) is 27.0. The summed E-state index contributed by atoms with van der Waals surface area (Å²) in [6, 6.07) is 28.0. The summed E-state index contributed by atoms with van der Waals surface area (Å²) in [6.45, 7) is 1.87. The highest BCUT2D eigenvalue weighted by Gasteiger charge is 2.51. The van der Waals surface area contributed by atoms with E-state index in [4.69, 9.17) is 9.51 Å². The zero-order valence-electron chi connectivity index (χ0n) is 21.3. The van der Waals surface area contributed by atoms with Crippen LogP contribution >= 0.6 is 0 Å². The maximum atomic E-state index is 13.6. The van der Waals surface area contributed by atoms with E-state index in [0.717, 1.165) is 39.2 Å². The predicted octanol–water partition coefficient (Wildman–Crippen LogP) is 7.30. The van der Waals surface area contributed by atoms with Crippen LogP contribution in [-0.4, -0.2) is 21.2 Å². The first-order valence-electron chi connectivity index (χ1n) is 12.8. The fraction of sp³-hybridized carbons (Fsp3) is 0.156. The molecule has 2 heterocycles. The summed E-state index contributed by atoms with van der Waals surface area (Å²) in [5, 5.41) is 17.1. The maximum absolute atomic E-state index is 13.6. The highest BCUT2D eigenvalue weighted by Crippen LogP contribution is 2.48. The van der Waals surface area contributed by atoms with Gasteiger partial charge >= 0.3 is 5.97 Å². The summed E-state index contributed by atoms with van der Waals surface area (Å²) in [4.78, 5) is 16.3. The Bertz CT molecular complexity index is 1660. The van der Waals surface area contributed by atoms with Crippen LogP contribution in [0.15, 0.2) is 95.5 Å². The fourth-order valence-corrected chi connectivity index (χ4v) is 4.89. The summed E-state index contributed by atoms with van der Waals surface area (Å²) < 4.78 is 19.3. The van der Waals surface area contributed by atoms with Crippen molar-refractivity contribution in [3.05, 3.63) is 119 Å². The normalized spacial score (nSPS) is 13.7. The van der Waals surface area contributed by atoms with E-state index in [-0.39, 0.29) is 5.82 Å². The largest absolute Gasteiger partial charge is 0.481 e. The van der Waals surface area contributed by atoms with Gasteiger partial charge in [-0.1, -0.05) is 71.9 Å². The summed E-state index contributed by atoms with van der Waals surface area (Å²) in [6.07, 6.45) is 1.90. The molecule has 2 N–H and O–H groups in total. The first-order chi connectivity index (χ1) is 18.9. The number of aliphatic carboxylic acids is 1. The van der Waals surface area contributed by atoms with E-state index < -0.39 is 11.4 Å². The molecule has 1 aliphatic carbocycles. The van der Waals surface area contributed by atoms with Crippen LogP contribution in [0.3, 0.4) is 0 Å². The molecule has 1 fully saturated rings. The van der Waals surface area contributed by atoms with Crippen LogP contribution in [0.25, 0.3) is 22.5 Å². The van der Waals surface area contributed by atoms with Gasteiger partial charge in [-0.15, -0.1) is 0 Å². The SMILES string of the molecule is Cc1noc(-c2ccc(-c3ccc(C4(C(=O)O)CC4)cc3)cc2)c1Nc1cccc(Cc2cccc(F)c2)n1. The Morgan fingerprint density at radius 1 is 0.949 bits per heavy atom. The van der Waals surface area contributed by atoms with Crippen molar-refractivity contribution in [3.63, 3.8) is 0 Å². The molecule has 3 aromatic carbocycles. The van der Waals surface area contributed by atoms with Crippen molar-refractivity contribution in [2.45, 2.75) is 31.6 Å². The maximum Gasteiger partial charge on any atom is 0.314 e. The van der Waals surface area contributed by atoms with Crippen LogP contribution in [0, 0.1) is 12.7 Å². The average Bonchev–Trinajstić information content (AvgIpc) is 3.69. The molecule has 6 rings (SSSR count). The first-order valence-corrected chi connectivity index (χ1v) is 12.8. The molecule has 6 nitrogen and oxygen atoms in total. The van der Waals surface area contributed by atoms with Crippen LogP contribution < -0.4 is 5.32 Å². The molecule has 7 heteroatoms. The highest BCUT2D eigenvalue weighted by molar-refractivity contribution is 5.85. The molecular weight excluding hydrogens is 493 g/mol. The van der Waals surface area contributed by atoms with Gasteiger partial charge in [0.1, 0.15) is 23.0 Å². The van der Waals surface area contributed by atoms with Crippen molar-refractivity contribution < 1.29 is 18.8 Å². The van der Waals surface area contributed by atoms with E-state index in [2.05, 4.69) is 10.5 Å². The van der Waals surface area contributed by atoms with Crippen LogP contribution in [-0.2, 0) is 16.6 Å². The van der Waals surface area contributed by atoms with E-state index in [0.29, 0.717) is 36.5 Å². The van der Waals surface area contributed by atoms with Crippen molar-refractivity contribution in [2.75, 3.05) is 5.32 Å². The minimum atomic E-state index is -0.750. The van der Waals surface area contributed by atoms with Crippen molar-refractivity contribution >= 4 is 17.5 Å². The molecule has 0 amide bonds. The van der Waals surface area contributed by atoms with E-state index in [9.17, 15) is 14.3 Å². The number of nitrogens with one attached hydrogen (secondary N) is 1. The van der Waals surface area contributed by atoms with E-state index >= 15 is 0 Å². The van der Waals surface area contributed by atoms with E-state index in [1.807, 2.05) is 79.7 Å². The molecule has 0 aliphatic heterocycles. The number of hydrogen-bond acceptors (Lipinski definition) is 5. The molecule has 1 saturated carbocycles. The lowest BCUT2D eigenvalue weighted by molar-refractivity contribution is -0.140. The number of nitrogens with zero attached hydrogens (tertiary/aromatic N) is 2. The molecule has 0 atom stereocenters. The molecule has 39 heavy (non-hydrogen) atoms. The van der Waals surface area contributed by atoms with Gasteiger partial charge in [0.05, 0.1) is 5.41 Å². The Hall–Kier alpha value is -4.78. The molecule has 0 saturated heterocycles. The van der Waals surface area contributed by atoms with Crippen molar-refractivity contribution in [2.24, 2.45) is 0 Å². The van der Waals surface area contributed by atoms with Crippen molar-refractivity contribution in [3.8, 4) is 22.5 Å². The van der Waals surface area contributed by atoms with Crippen molar-refractivity contribution in [1.29, 1.82) is 0 Å². The zero-order valence-corrected chi connectivity index (χ0v) is 21.3. The second kappa shape index (κ2) is 9.83. The van der Waals surface area contributed by atoms with Crippen molar-refractivity contribution in [1.82, 2.24) is 10.1 Å². The number of carboxylic acid groups (broad SMARTS) is 1. The Balaban J connectivity index is 1.21. The molecule has 0 spiro atoms. The van der Waals surface area contributed by atoms with Gasteiger partial charge in [0.2, 0.25) is 0 Å². The summed E-state index contributed by atoms with van der Waals surface area (Å²) in [5.74, 6) is 0.228. The number of aryl methyl sites for hydroxylation is 1. The summed E-state index contributed by atoms with van der Waals surface area (Å²) in [7, 11) is 0. The molecule has 194 valence electrons. The topological polar surface area (TPSA) is 88.2 Å². The smallest absolute Gasteiger partial charge is 0.314 e. The third kappa shape index (κ3) is 4.91. The van der Waals surface area contributed by atoms with Gasteiger partial charge in [-0.05, 0) is 66.3 Å². The second-order valence-electron chi connectivity index (χ2n) is 9.96. The number of halogens is 1. The first kappa shape index (κ1) is 24.6. The average molecular weight is 520 g/mol. The third-order valence-electron chi connectivity index (χ3n) is 7.27. The molecule has 2 aromatic heterocycles. The quantitative estimate of drug-likeness (QED) is 0.224. The van der Waals surface area contributed by atoms with Gasteiger partial charge in [-0.3, -0.25) is 4.79 Å². The highest BCUT2D eigenvalue weighted by atomic mass is 19.1. The monoisotopic (exact) mass is 519 g/mol. The Labute approximate surface area is 225 Å². The molecular formula is C32H26FN3O3. The number of carbonyl (C=O) groups is 1. The number of carboxylic acids is 1. The fourth-order valence-electron chi connectivity index (χ4n) is 4.89. The third-order valence-corrected chi connectivity index (χ3v) is 7.27. The predicted molar refractivity (Wildman–Crippen MR) is 147 cm³/mol. The lowest BCUT2D eigenvalue weighted by Gasteiger charge is -2.11. The molecule has 0 unspecified atom stereocenters. The van der Waals surface area contributed by atoms with E-state index in [1.54, 1.807) is 6.07 Å². The Kier molecular flexibility index (Phi) is 6.19. The van der Waals surface area contributed by atoms with Crippen LogP contribution in [0.2, 0.25) is 0 Å². The number of pyridine rings is 1. The second-order valence-corrected chi connectivity index (χ2v) is 9.96. The number of benzene rings is 3. The van der Waals surface area contributed by atoms with Crippen LogP contribution in [0.1, 0.15) is 35.4 Å². The Morgan fingerprint density at radius 3 is 2.28 bits per heavy atom. The van der Waals surface area contributed by atoms with E-state index in [1.165, 1.54) is 12.1 Å². The molecule has 5 aromatic rings. The lowest BCUT2D eigenvalue weighted by atomic mass is 9.93. The number of hydrogen-bond donors (Lipinski definition) is 2. The van der Waals surface area contributed by atoms with Gasteiger partial charge in [0, 0.05) is 17.7 Å². The standard InChI is InChI=1S/C32H26FN3O3/c1-20-29(35-28-7-3-6-27(34-28)19-21-4-2-5-26(33)18-21)30(39-36-20)24-10-8-22(9-11-24)23-12-14-25(15-13-23)32(16-17-32)31(37)38/h2-15,18H,16-17,19H2,1H3,(H,34,35)(H,37,38). The summed E-state index contributed by atoms with van der Waals surface area (Å²) >= 11 is 0. The van der Waals surface area contributed by atoms with Gasteiger partial charge in [-0.25, -0.2) is 9.37 Å². The van der Waals surface area contributed by atoms with Gasteiger partial charge in [0.15, 0.2) is 5.76 Å². The van der Waals surface area contributed by atoms with Gasteiger partial charge in [-0.2, -0.15) is 0 Å². The number of anilines is 2. The molecule has 0 radical (unpaired) electrons. The van der Waals surface area contributed by atoms with Gasteiger partial charge in [0.25, 0.3) is 0 Å².